The zero-order valence-electron chi connectivity index (χ0n) is 7.97. The Balaban J connectivity index is 2.38. The molecule has 2 N–H and O–H groups in total. The Labute approximate surface area is 89.9 Å². The van der Waals surface area contributed by atoms with Gasteiger partial charge in [-0.3, -0.25) is 4.79 Å². The molecule has 0 aliphatic carbocycles. The van der Waals surface area contributed by atoms with Crippen molar-refractivity contribution in [1.29, 1.82) is 0 Å². The van der Waals surface area contributed by atoms with Crippen LogP contribution in [0.1, 0.15) is 10.5 Å². The minimum absolute atomic E-state index is 0.191. The number of nitrogens with zero attached hydrogens (tertiary/aromatic N) is 1. The number of aromatic nitrogens is 1. The molecule has 6 nitrogen and oxygen atoms in total. The molecule has 1 heterocycles. The highest BCUT2D eigenvalue weighted by atomic mass is 32.1. The number of hydrogen-bond acceptors (Lipinski definition) is 6. The number of aliphatic hydroxyl groups excluding tert-OH is 1. The lowest BCUT2D eigenvalue weighted by Crippen LogP contribution is -2.37. The van der Waals surface area contributed by atoms with Crippen LogP contribution in [0.15, 0.2) is 10.9 Å². The average Bonchev–Trinajstić information content (AvgIpc) is 2.77. The molecule has 0 spiro atoms. The van der Waals surface area contributed by atoms with Crippen LogP contribution in [0.4, 0.5) is 0 Å². The molecule has 1 aromatic heterocycles. The summed E-state index contributed by atoms with van der Waals surface area (Å²) in [6.07, 6.45) is -1.35. The van der Waals surface area contributed by atoms with Gasteiger partial charge >= 0.3 is 5.97 Å². The molecule has 0 aliphatic rings. The topological polar surface area (TPSA) is 88.5 Å². The lowest BCUT2D eigenvalue weighted by Gasteiger charge is -2.08. The Morgan fingerprint density at radius 3 is 3.00 bits per heavy atom. The normalized spacial score (nSPS) is 11.9. The molecule has 0 bridgehead atoms. The van der Waals surface area contributed by atoms with Crippen LogP contribution in [0.2, 0.25) is 0 Å². The number of hydrogen-bond donors (Lipinski definition) is 2. The van der Waals surface area contributed by atoms with Gasteiger partial charge in [-0.15, -0.1) is 11.3 Å². The number of aliphatic hydroxyl groups is 1. The number of rotatable bonds is 4. The molecule has 82 valence electrons. The molecule has 0 aromatic carbocycles. The van der Waals surface area contributed by atoms with Gasteiger partial charge in [0.1, 0.15) is 5.69 Å². The molecule has 0 saturated heterocycles. The van der Waals surface area contributed by atoms with Gasteiger partial charge < -0.3 is 15.2 Å². The maximum Gasteiger partial charge on any atom is 0.336 e. The van der Waals surface area contributed by atoms with Gasteiger partial charge in [0, 0.05) is 5.38 Å². The fraction of sp³-hybridized carbons (Fsp3) is 0.375. The zero-order chi connectivity index (χ0) is 11.3. The summed E-state index contributed by atoms with van der Waals surface area (Å²) in [5.74, 6) is -1.22. The fourth-order valence-corrected chi connectivity index (χ4v) is 1.36. The third-order valence-electron chi connectivity index (χ3n) is 1.59. The molecular formula is C8H10N2O4S. The first kappa shape index (κ1) is 11.6. The molecule has 1 aromatic rings. The molecule has 0 saturated carbocycles. The second-order valence-corrected chi connectivity index (χ2v) is 3.34. The van der Waals surface area contributed by atoms with Gasteiger partial charge in [0.15, 0.2) is 6.10 Å². The summed E-state index contributed by atoms with van der Waals surface area (Å²) in [7, 11) is 1.16. The highest BCUT2D eigenvalue weighted by Gasteiger charge is 2.17. The maximum atomic E-state index is 11.3. The Bertz CT molecular complexity index is 338. The largest absolute Gasteiger partial charge is 0.467 e. The number of methoxy groups -OCH3 is 1. The summed E-state index contributed by atoms with van der Waals surface area (Å²) in [4.78, 5) is 25.8. The summed E-state index contributed by atoms with van der Waals surface area (Å²) in [6, 6.07) is 0. The van der Waals surface area contributed by atoms with Crippen LogP contribution >= 0.6 is 11.3 Å². The molecule has 1 unspecified atom stereocenters. The smallest absolute Gasteiger partial charge is 0.336 e. The number of nitrogens with one attached hydrogen (secondary N) is 1. The van der Waals surface area contributed by atoms with Crippen molar-refractivity contribution >= 4 is 23.2 Å². The van der Waals surface area contributed by atoms with E-state index in [4.69, 9.17) is 5.11 Å². The lowest BCUT2D eigenvalue weighted by atomic mass is 10.3. The lowest BCUT2D eigenvalue weighted by molar-refractivity contribution is -0.149. The van der Waals surface area contributed by atoms with Crippen molar-refractivity contribution in [2.24, 2.45) is 0 Å². The molecule has 1 rings (SSSR count). The summed E-state index contributed by atoms with van der Waals surface area (Å²) < 4.78 is 4.28. The second kappa shape index (κ2) is 5.42. The van der Waals surface area contributed by atoms with Crippen LogP contribution in [0.25, 0.3) is 0 Å². The Morgan fingerprint density at radius 1 is 1.73 bits per heavy atom. The molecule has 1 amide bonds. The Morgan fingerprint density at radius 2 is 2.47 bits per heavy atom. The molecule has 0 radical (unpaired) electrons. The van der Waals surface area contributed by atoms with Crippen LogP contribution < -0.4 is 5.32 Å². The van der Waals surface area contributed by atoms with E-state index >= 15 is 0 Å². The van der Waals surface area contributed by atoms with Crippen molar-refractivity contribution in [2.45, 2.75) is 6.10 Å². The molecule has 15 heavy (non-hydrogen) atoms. The maximum absolute atomic E-state index is 11.3. The first-order valence-corrected chi connectivity index (χ1v) is 5.01. The van der Waals surface area contributed by atoms with E-state index in [1.807, 2.05) is 0 Å². The van der Waals surface area contributed by atoms with Crippen LogP contribution in [-0.2, 0) is 9.53 Å². The Hall–Kier alpha value is -1.47. The second-order valence-electron chi connectivity index (χ2n) is 2.62. The summed E-state index contributed by atoms with van der Waals surface area (Å²) >= 11 is 1.29. The quantitative estimate of drug-likeness (QED) is 0.675. The number of thiazole rings is 1. The van der Waals surface area contributed by atoms with Gasteiger partial charge in [0.05, 0.1) is 19.2 Å². The van der Waals surface area contributed by atoms with Crippen LogP contribution in [0, 0.1) is 0 Å². The van der Waals surface area contributed by atoms with Crippen molar-refractivity contribution < 1.29 is 19.4 Å². The number of ether oxygens (including phenoxy) is 1. The van der Waals surface area contributed by atoms with Crippen LogP contribution in [-0.4, -0.2) is 41.7 Å². The van der Waals surface area contributed by atoms with E-state index < -0.39 is 18.0 Å². The highest BCUT2D eigenvalue weighted by Crippen LogP contribution is 2.00. The van der Waals surface area contributed by atoms with E-state index in [9.17, 15) is 9.59 Å². The van der Waals surface area contributed by atoms with Crippen LogP contribution in [0.3, 0.4) is 0 Å². The van der Waals surface area contributed by atoms with Gasteiger partial charge in [0.25, 0.3) is 5.91 Å². The van der Waals surface area contributed by atoms with Gasteiger partial charge in [-0.2, -0.15) is 0 Å². The predicted molar refractivity (Wildman–Crippen MR) is 52.5 cm³/mol. The molecular weight excluding hydrogens is 220 g/mol. The first-order chi connectivity index (χ1) is 7.15. The van der Waals surface area contributed by atoms with Gasteiger partial charge in [0.2, 0.25) is 0 Å². The molecule has 0 fully saturated rings. The first-order valence-electron chi connectivity index (χ1n) is 4.07. The van der Waals surface area contributed by atoms with E-state index in [1.165, 1.54) is 16.8 Å². The third-order valence-corrected chi connectivity index (χ3v) is 2.18. The monoisotopic (exact) mass is 230 g/mol. The highest BCUT2D eigenvalue weighted by molar-refractivity contribution is 7.07. The fourth-order valence-electron chi connectivity index (χ4n) is 0.824. The van der Waals surface area contributed by atoms with Gasteiger partial charge in [-0.05, 0) is 0 Å². The van der Waals surface area contributed by atoms with Gasteiger partial charge in [-0.1, -0.05) is 0 Å². The third kappa shape index (κ3) is 3.30. The molecule has 1 atom stereocenters. The van der Waals surface area contributed by atoms with Crippen LogP contribution in [0.5, 0.6) is 0 Å². The Kier molecular flexibility index (Phi) is 4.19. The van der Waals surface area contributed by atoms with Crippen molar-refractivity contribution in [3.8, 4) is 0 Å². The van der Waals surface area contributed by atoms with Crippen molar-refractivity contribution in [1.82, 2.24) is 10.3 Å². The number of amides is 1. The molecule has 7 heteroatoms. The SMILES string of the molecule is COC(=O)C(O)CNC(=O)c1cscn1. The zero-order valence-corrected chi connectivity index (χ0v) is 8.78. The van der Waals surface area contributed by atoms with Crippen molar-refractivity contribution in [3.05, 3.63) is 16.6 Å². The van der Waals surface area contributed by atoms with Crippen molar-refractivity contribution in [3.63, 3.8) is 0 Å². The standard InChI is InChI=1S/C8H10N2O4S/c1-14-8(13)6(11)2-9-7(12)5-3-15-4-10-5/h3-4,6,11H,2H2,1H3,(H,9,12). The van der Waals surface area contributed by atoms with E-state index in [1.54, 1.807) is 5.38 Å². The number of carbonyl (C=O) groups is 2. The predicted octanol–water partition coefficient (Wildman–Crippen LogP) is -0.593. The van der Waals surface area contributed by atoms with E-state index in [2.05, 4.69) is 15.0 Å². The summed E-state index contributed by atoms with van der Waals surface area (Å²) in [6.45, 7) is -0.191. The van der Waals surface area contributed by atoms with E-state index in [-0.39, 0.29) is 12.2 Å². The summed E-state index contributed by atoms with van der Waals surface area (Å²) in [5, 5.41) is 13.1. The number of esters is 1. The minimum Gasteiger partial charge on any atom is -0.467 e. The average molecular weight is 230 g/mol. The van der Waals surface area contributed by atoms with E-state index in [0.717, 1.165) is 7.11 Å². The van der Waals surface area contributed by atoms with E-state index in [0.29, 0.717) is 0 Å². The minimum atomic E-state index is -1.35. The van der Waals surface area contributed by atoms with Crippen molar-refractivity contribution in [2.75, 3.05) is 13.7 Å². The number of carbonyl (C=O) groups excluding carboxylic acids is 2. The van der Waals surface area contributed by atoms with Gasteiger partial charge in [-0.25, -0.2) is 9.78 Å². The molecule has 0 aliphatic heterocycles. The summed E-state index contributed by atoms with van der Waals surface area (Å²) in [5.41, 5.74) is 1.78.